The predicted octanol–water partition coefficient (Wildman–Crippen LogP) is 2.12. The highest BCUT2D eigenvalue weighted by atomic mass is 16.5. The molecule has 2 N–H and O–H groups in total. The van der Waals surface area contributed by atoms with Gasteiger partial charge in [-0.1, -0.05) is 25.1 Å². The molecule has 5 heteroatoms. The Labute approximate surface area is 125 Å². The van der Waals surface area contributed by atoms with Crippen LogP contribution in [0, 0.1) is 0 Å². The number of para-hydroxylation sites is 1. The first-order chi connectivity index (χ1) is 10.3. The third kappa shape index (κ3) is 2.93. The number of hydrogen-bond acceptors (Lipinski definition) is 4. The third-order valence-corrected chi connectivity index (χ3v) is 4.07. The Balaban J connectivity index is 1.77. The van der Waals surface area contributed by atoms with Gasteiger partial charge >= 0.3 is 0 Å². The van der Waals surface area contributed by atoms with Gasteiger partial charge in [-0.15, -0.1) is 0 Å². The van der Waals surface area contributed by atoms with E-state index in [9.17, 15) is 0 Å². The van der Waals surface area contributed by atoms with Gasteiger partial charge in [0.05, 0.1) is 6.61 Å². The van der Waals surface area contributed by atoms with E-state index < -0.39 is 0 Å². The fourth-order valence-corrected chi connectivity index (χ4v) is 3.01. The van der Waals surface area contributed by atoms with E-state index >= 15 is 0 Å². The van der Waals surface area contributed by atoms with Gasteiger partial charge in [-0.2, -0.15) is 5.10 Å². The number of nitrogens with two attached hydrogens (primary N) is 1. The lowest BCUT2D eigenvalue weighted by molar-refractivity contribution is 0.253. The molecule has 0 spiro atoms. The third-order valence-electron chi connectivity index (χ3n) is 4.07. The normalized spacial score (nSPS) is 18.9. The number of aryl methyl sites for hydroxylation is 1. The largest absolute Gasteiger partial charge is 0.493 e. The summed E-state index contributed by atoms with van der Waals surface area (Å²) in [6, 6.07) is 8.23. The minimum atomic E-state index is 0.0369. The summed E-state index contributed by atoms with van der Waals surface area (Å²) in [7, 11) is 0. The SMILES string of the molecule is CCCn1ncnc1CC(N)C1CCOc2ccccc21. The molecule has 0 radical (unpaired) electrons. The molecule has 1 aliphatic rings. The van der Waals surface area contributed by atoms with Crippen molar-refractivity contribution >= 4 is 0 Å². The zero-order valence-electron chi connectivity index (χ0n) is 12.4. The molecule has 21 heavy (non-hydrogen) atoms. The maximum atomic E-state index is 6.48. The van der Waals surface area contributed by atoms with Crippen molar-refractivity contribution in [2.45, 2.75) is 44.7 Å². The van der Waals surface area contributed by atoms with Gasteiger partial charge in [0, 0.05) is 24.9 Å². The lowest BCUT2D eigenvalue weighted by Gasteiger charge is -2.30. The summed E-state index contributed by atoms with van der Waals surface area (Å²) in [5.41, 5.74) is 7.70. The van der Waals surface area contributed by atoms with Crippen LogP contribution in [0.5, 0.6) is 5.75 Å². The van der Waals surface area contributed by atoms with Crippen LogP contribution < -0.4 is 10.5 Å². The number of nitrogens with zero attached hydrogens (tertiary/aromatic N) is 3. The molecule has 2 heterocycles. The van der Waals surface area contributed by atoms with Crippen molar-refractivity contribution in [3.05, 3.63) is 42.0 Å². The highest BCUT2D eigenvalue weighted by Crippen LogP contribution is 2.35. The maximum absolute atomic E-state index is 6.48. The number of aromatic nitrogens is 3. The average Bonchev–Trinajstić information content (AvgIpc) is 2.94. The second-order valence-corrected chi connectivity index (χ2v) is 5.55. The Morgan fingerprint density at radius 1 is 1.43 bits per heavy atom. The molecule has 3 rings (SSSR count). The first-order valence-electron chi connectivity index (χ1n) is 7.63. The van der Waals surface area contributed by atoms with E-state index in [0.717, 1.165) is 44.0 Å². The fourth-order valence-electron chi connectivity index (χ4n) is 3.01. The lowest BCUT2D eigenvalue weighted by Crippen LogP contribution is -2.35. The standard InChI is InChI=1S/C16H22N4O/c1-2-8-20-16(18-11-19-20)10-14(17)12-7-9-21-15-6-4-3-5-13(12)15/h3-6,11-12,14H,2,7-10,17H2,1H3. The van der Waals surface area contributed by atoms with Crippen molar-refractivity contribution < 1.29 is 4.74 Å². The van der Waals surface area contributed by atoms with Crippen molar-refractivity contribution in [2.24, 2.45) is 5.73 Å². The van der Waals surface area contributed by atoms with Crippen LogP contribution in [0.1, 0.15) is 37.1 Å². The minimum Gasteiger partial charge on any atom is -0.493 e. The summed E-state index contributed by atoms with van der Waals surface area (Å²) in [4.78, 5) is 4.37. The van der Waals surface area contributed by atoms with Crippen molar-refractivity contribution in [1.82, 2.24) is 14.8 Å². The van der Waals surface area contributed by atoms with E-state index in [0.29, 0.717) is 5.92 Å². The molecule has 0 aliphatic carbocycles. The average molecular weight is 286 g/mol. The molecule has 1 aromatic heterocycles. The monoisotopic (exact) mass is 286 g/mol. The molecule has 0 fully saturated rings. The second-order valence-electron chi connectivity index (χ2n) is 5.55. The minimum absolute atomic E-state index is 0.0369. The molecule has 2 atom stereocenters. The van der Waals surface area contributed by atoms with Gasteiger partial charge < -0.3 is 10.5 Å². The summed E-state index contributed by atoms with van der Waals surface area (Å²) in [5, 5.41) is 4.27. The van der Waals surface area contributed by atoms with Gasteiger partial charge in [-0.25, -0.2) is 4.98 Å². The van der Waals surface area contributed by atoms with Crippen LogP contribution in [0.4, 0.5) is 0 Å². The number of benzene rings is 1. The van der Waals surface area contributed by atoms with Gasteiger partial charge in [0.25, 0.3) is 0 Å². The van der Waals surface area contributed by atoms with Gasteiger partial charge in [0.2, 0.25) is 0 Å². The smallest absolute Gasteiger partial charge is 0.138 e. The van der Waals surface area contributed by atoms with Crippen molar-refractivity contribution in [3.63, 3.8) is 0 Å². The number of fused-ring (bicyclic) bond motifs is 1. The Morgan fingerprint density at radius 2 is 2.29 bits per heavy atom. The summed E-state index contributed by atoms with van der Waals surface area (Å²) in [5.74, 6) is 2.27. The highest BCUT2D eigenvalue weighted by molar-refractivity contribution is 5.38. The van der Waals surface area contributed by atoms with Crippen LogP contribution in [0.15, 0.2) is 30.6 Å². The molecule has 0 amide bonds. The highest BCUT2D eigenvalue weighted by Gasteiger charge is 2.27. The molecule has 0 saturated carbocycles. The van der Waals surface area contributed by atoms with Crippen LogP contribution in [-0.2, 0) is 13.0 Å². The molecule has 0 bridgehead atoms. The summed E-state index contributed by atoms with van der Waals surface area (Å²) in [6.07, 6.45) is 4.38. The molecule has 2 aromatic rings. The molecular formula is C16H22N4O. The quantitative estimate of drug-likeness (QED) is 0.914. The zero-order valence-corrected chi connectivity index (χ0v) is 12.4. The van der Waals surface area contributed by atoms with E-state index in [1.807, 2.05) is 22.9 Å². The van der Waals surface area contributed by atoms with Gasteiger partial charge in [-0.3, -0.25) is 4.68 Å². The zero-order chi connectivity index (χ0) is 14.7. The number of rotatable bonds is 5. The van der Waals surface area contributed by atoms with Crippen molar-refractivity contribution in [3.8, 4) is 5.75 Å². The molecular weight excluding hydrogens is 264 g/mol. The second kappa shape index (κ2) is 6.26. The molecule has 1 aliphatic heterocycles. The first-order valence-corrected chi connectivity index (χ1v) is 7.63. The van der Waals surface area contributed by atoms with Crippen molar-refractivity contribution in [2.75, 3.05) is 6.61 Å². The van der Waals surface area contributed by atoms with E-state index in [-0.39, 0.29) is 6.04 Å². The molecule has 5 nitrogen and oxygen atoms in total. The fraction of sp³-hybridized carbons (Fsp3) is 0.500. The van der Waals surface area contributed by atoms with E-state index in [1.54, 1.807) is 6.33 Å². The van der Waals surface area contributed by atoms with E-state index in [4.69, 9.17) is 10.5 Å². The summed E-state index contributed by atoms with van der Waals surface area (Å²) >= 11 is 0. The molecule has 1 aromatic carbocycles. The summed E-state index contributed by atoms with van der Waals surface area (Å²) < 4.78 is 7.68. The van der Waals surface area contributed by atoms with Crippen LogP contribution in [0.25, 0.3) is 0 Å². The van der Waals surface area contributed by atoms with Crippen LogP contribution in [0.2, 0.25) is 0 Å². The Bertz CT molecular complexity index is 595. The summed E-state index contributed by atoms with van der Waals surface area (Å²) in [6.45, 7) is 3.77. The van der Waals surface area contributed by atoms with E-state index in [2.05, 4.69) is 23.1 Å². The van der Waals surface area contributed by atoms with Crippen LogP contribution in [-0.4, -0.2) is 27.4 Å². The van der Waals surface area contributed by atoms with E-state index in [1.165, 1.54) is 5.56 Å². The number of ether oxygens (including phenoxy) is 1. The molecule has 2 unspecified atom stereocenters. The van der Waals surface area contributed by atoms with Crippen LogP contribution in [0.3, 0.4) is 0 Å². The maximum Gasteiger partial charge on any atom is 0.138 e. The Kier molecular flexibility index (Phi) is 4.20. The Hall–Kier alpha value is -1.88. The molecule has 0 saturated heterocycles. The van der Waals surface area contributed by atoms with Crippen molar-refractivity contribution in [1.29, 1.82) is 0 Å². The first kappa shape index (κ1) is 14.1. The van der Waals surface area contributed by atoms with Gasteiger partial charge in [0.15, 0.2) is 0 Å². The topological polar surface area (TPSA) is 66.0 Å². The number of hydrogen-bond donors (Lipinski definition) is 1. The predicted molar refractivity (Wildman–Crippen MR) is 81.3 cm³/mol. The molecule has 112 valence electrons. The van der Waals surface area contributed by atoms with Crippen LogP contribution >= 0.6 is 0 Å². The lowest BCUT2D eigenvalue weighted by atomic mass is 9.85. The van der Waals surface area contributed by atoms with Gasteiger partial charge in [-0.05, 0) is 24.5 Å². The van der Waals surface area contributed by atoms with Gasteiger partial charge in [0.1, 0.15) is 17.9 Å². The Morgan fingerprint density at radius 3 is 3.14 bits per heavy atom.